The molecule has 0 aliphatic carbocycles. The number of aromatic nitrogens is 4. The maximum atomic E-state index is 14.7. The molecular weight excluding hydrogens is 437 g/mol. The van der Waals surface area contributed by atoms with Crippen LogP contribution >= 0.6 is 0 Å². The number of benzene rings is 2. The number of nitrogens with one attached hydrogen (secondary N) is 1. The maximum absolute atomic E-state index is 14.7. The van der Waals surface area contributed by atoms with Gasteiger partial charge in [0.2, 0.25) is 5.95 Å². The Kier molecular flexibility index (Phi) is 5.53. The number of nitriles is 2. The van der Waals surface area contributed by atoms with Crippen LogP contribution in [0, 0.1) is 35.4 Å². The zero-order valence-electron chi connectivity index (χ0n) is 18.2. The summed E-state index contributed by atoms with van der Waals surface area (Å²) < 4.78 is 16.0. The van der Waals surface area contributed by atoms with Crippen molar-refractivity contribution in [2.45, 2.75) is 19.9 Å². The number of hydrogen-bond donors (Lipinski definition) is 3. The third kappa shape index (κ3) is 3.72. The van der Waals surface area contributed by atoms with Crippen molar-refractivity contribution in [2.24, 2.45) is 0 Å². The molecule has 4 rings (SSSR count). The molecule has 0 amide bonds. The molecule has 0 unspecified atom stereocenters. The number of nitrogens with two attached hydrogens (primary N) is 2. The Balaban J connectivity index is 2.00. The van der Waals surface area contributed by atoms with Crippen LogP contribution in [0.5, 0.6) is 0 Å². The van der Waals surface area contributed by atoms with E-state index in [4.69, 9.17) is 11.5 Å². The van der Waals surface area contributed by atoms with Gasteiger partial charge in [0.1, 0.15) is 34.5 Å². The molecule has 34 heavy (non-hydrogen) atoms. The summed E-state index contributed by atoms with van der Waals surface area (Å²) in [6, 6.07) is 12.3. The molecular formula is C23H18FN9O. The van der Waals surface area contributed by atoms with Crippen LogP contribution in [-0.2, 0) is 0 Å². The van der Waals surface area contributed by atoms with Crippen LogP contribution < -0.4 is 22.3 Å². The molecule has 2 aromatic carbocycles. The van der Waals surface area contributed by atoms with Gasteiger partial charge in [-0.1, -0.05) is 12.1 Å². The van der Waals surface area contributed by atoms with Crippen LogP contribution in [0.15, 0.2) is 41.2 Å². The Bertz CT molecular complexity index is 1600. The fraction of sp³-hybridized carbons (Fsp3) is 0.130. The molecule has 0 spiro atoms. The second-order valence-electron chi connectivity index (χ2n) is 7.53. The van der Waals surface area contributed by atoms with Crippen molar-refractivity contribution in [1.29, 1.82) is 10.5 Å². The molecule has 11 heteroatoms. The summed E-state index contributed by atoms with van der Waals surface area (Å²) >= 11 is 0. The van der Waals surface area contributed by atoms with Crippen molar-refractivity contribution >= 4 is 28.5 Å². The largest absolute Gasteiger partial charge is 0.382 e. The van der Waals surface area contributed by atoms with E-state index in [9.17, 15) is 19.7 Å². The summed E-state index contributed by atoms with van der Waals surface area (Å²) in [6.07, 6.45) is 0. The first kappa shape index (κ1) is 22.2. The van der Waals surface area contributed by atoms with E-state index >= 15 is 0 Å². The van der Waals surface area contributed by atoms with Gasteiger partial charge in [-0.25, -0.2) is 9.37 Å². The van der Waals surface area contributed by atoms with Crippen LogP contribution in [0.1, 0.15) is 35.5 Å². The van der Waals surface area contributed by atoms with E-state index in [1.165, 1.54) is 22.8 Å². The third-order valence-corrected chi connectivity index (χ3v) is 5.24. The fourth-order valence-electron chi connectivity index (χ4n) is 3.63. The quantitative estimate of drug-likeness (QED) is 0.418. The van der Waals surface area contributed by atoms with Gasteiger partial charge >= 0.3 is 0 Å². The molecule has 10 nitrogen and oxygen atoms in total. The molecule has 0 radical (unpaired) electrons. The summed E-state index contributed by atoms with van der Waals surface area (Å²) in [6.45, 7) is 3.40. The SMILES string of the molecule is Cc1ccc(F)c2c(=O)n(-c3cccc(C#N)c3)c([C@H](C)Nc3nc(N)nc(N)c3C#N)nc12. The van der Waals surface area contributed by atoms with Gasteiger partial charge in [0.15, 0.2) is 5.82 Å². The van der Waals surface area contributed by atoms with Crippen molar-refractivity contribution in [3.63, 3.8) is 0 Å². The van der Waals surface area contributed by atoms with Gasteiger partial charge in [0.25, 0.3) is 5.56 Å². The van der Waals surface area contributed by atoms with Gasteiger partial charge in [0.05, 0.1) is 28.9 Å². The number of fused-ring (bicyclic) bond motifs is 1. The Morgan fingerprint density at radius 3 is 2.59 bits per heavy atom. The van der Waals surface area contributed by atoms with Gasteiger partial charge in [-0.3, -0.25) is 9.36 Å². The van der Waals surface area contributed by atoms with Crippen molar-refractivity contribution in [3.8, 4) is 17.8 Å². The number of anilines is 3. The zero-order valence-corrected chi connectivity index (χ0v) is 18.2. The predicted octanol–water partition coefficient (Wildman–Crippen LogP) is 2.70. The topological polar surface area (TPSA) is 172 Å². The highest BCUT2D eigenvalue weighted by Crippen LogP contribution is 2.26. The van der Waals surface area contributed by atoms with Crippen molar-refractivity contribution in [3.05, 3.63) is 75.1 Å². The first-order valence-electron chi connectivity index (χ1n) is 10.1. The van der Waals surface area contributed by atoms with E-state index in [1.807, 2.05) is 12.1 Å². The number of halogens is 1. The van der Waals surface area contributed by atoms with E-state index in [-0.39, 0.29) is 39.9 Å². The molecule has 1 atom stereocenters. The minimum Gasteiger partial charge on any atom is -0.382 e. The van der Waals surface area contributed by atoms with Crippen LogP contribution in [-0.4, -0.2) is 19.5 Å². The van der Waals surface area contributed by atoms with Crippen molar-refractivity contribution in [2.75, 3.05) is 16.8 Å². The average Bonchev–Trinajstić information content (AvgIpc) is 2.80. The molecule has 4 aromatic rings. The van der Waals surface area contributed by atoms with E-state index < -0.39 is 17.4 Å². The Morgan fingerprint density at radius 1 is 1.12 bits per heavy atom. The van der Waals surface area contributed by atoms with Crippen LogP contribution in [0.2, 0.25) is 0 Å². The standard InChI is InChI=1S/C23H18FN9O/c1-11-6-7-16(24)17-18(11)30-21(33(22(17)34)14-5-3-4-13(8-14)9-25)12(2)29-20-15(10-26)19(27)31-23(28)32-20/h3-8,12H,1-2H3,(H5,27,28,29,31,32)/t12-/m0/s1. The predicted molar refractivity (Wildman–Crippen MR) is 124 cm³/mol. The summed E-state index contributed by atoms with van der Waals surface area (Å²) in [7, 11) is 0. The molecule has 2 aromatic heterocycles. The van der Waals surface area contributed by atoms with Gasteiger partial charge in [-0.05, 0) is 43.7 Å². The lowest BCUT2D eigenvalue weighted by molar-refractivity contribution is 0.634. The first-order chi connectivity index (χ1) is 16.2. The van der Waals surface area contributed by atoms with E-state index in [0.29, 0.717) is 16.8 Å². The normalized spacial score (nSPS) is 11.6. The molecule has 2 heterocycles. The van der Waals surface area contributed by atoms with Crippen LogP contribution in [0.25, 0.3) is 16.6 Å². The first-order valence-corrected chi connectivity index (χ1v) is 10.1. The molecule has 5 N–H and O–H groups in total. The molecule has 0 aliphatic heterocycles. The minimum absolute atomic E-state index is 0.0237. The number of nitrogens with zero attached hydrogens (tertiary/aromatic N) is 6. The molecule has 0 saturated carbocycles. The Labute approximate surface area is 192 Å². The molecule has 0 saturated heterocycles. The van der Waals surface area contributed by atoms with Gasteiger partial charge in [-0.2, -0.15) is 20.5 Å². The highest BCUT2D eigenvalue weighted by molar-refractivity contribution is 5.82. The summed E-state index contributed by atoms with van der Waals surface area (Å²) in [5, 5.41) is 21.6. The highest BCUT2D eigenvalue weighted by atomic mass is 19.1. The number of nitrogen functional groups attached to an aromatic ring is 2. The van der Waals surface area contributed by atoms with Crippen molar-refractivity contribution in [1.82, 2.24) is 19.5 Å². The highest BCUT2D eigenvalue weighted by Gasteiger charge is 2.23. The van der Waals surface area contributed by atoms with Gasteiger partial charge in [0, 0.05) is 0 Å². The van der Waals surface area contributed by atoms with Gasteiger partial charge in [-0.15, -0.1) is 0 Å². The maximum Gasteiger partial charge on any atom is 0.269 e. The Hall–Kier alpha value is -5.03. The molecule has 168 valence electrons. The lowest BCUT2D eigenvalue weighted by Crippen LogP contribution is -2.28. The zero-order chi connectivity index (χ0) is 24.6. The van der Waals surface area contributed by atoms with E-state index in [0.717, 1.165) is 0 Å². The lowest BCUT2D eigenvalue weighted by atomic mass is 10.1. The van der Waals surface area contributed by atoms with E-state index in [2.05, 4.69) is 20.3 Å². The number of hydrogen-bond acceptors (Lipinski definition) is 9. The summed E-state index contributed by atoms with van der Waals surface area (Å²) in [5.74, 6) is -0.704. The molecule has 0 fully saturated rings. The lowest BCUT2D eigenvalue weighted by Gasteiger charge is -2.21. The van der Waals surface area contributed by atoms with Crippen LogP contribution in [0.4, 0.5) is 22.0 Å². The molecule has 0 bridgehead atoms. The molecule has 0 aliphatic rings. The second-order valence-corrected chi connectivity index (χ2v) is 7.53. The number of aryl methyl sites for hydroxylation is 1. The van der Waals surface area contributed by atoms with Gasteiger partial charge < -0.3 is 16.8 Å². The monoisotopic (exact) mass is 455 g/mol. The van der Waals surface area contributed by atoms with E-state index in [1.54, 1.807) is 32.0 Å². The average molecular weight is 455 g/mol. The fourth-order valence-corrected chi connectivity index (χ4v) is 3.63. The van der Waals surface area contributed by atoms with Crippen molar-refractivity contribution < 1.29 is 4.39 Å². The second kappa shape index (κ2) is 8.48. The third-order valence-electron chi connectivity index (χ3n) is 5.24. The van der Waals surface area contributed by atoms with Crippen LogP contribution in [0.3, 0.4) is 0 Å². The summed E-state index contributed by atoms with van der Waals surface area (Å²) in [5.41, 5.74) is 12.3. The smallest absolute Gasteiger partial charge is 0.269 e. The summed E-state index contributed by atoms with van der Waals surface area (Å²) in [4.78, 5) is 26.0. The Morgan fingerprint density at radius 2 is 1.88 bits per heavy atom. The minimum atomic E-state index is -0.730. The number of rotatable bonds is 4.